The number of amides is 1. The number of nitrogens with one attached hydrogen (secondary N) is 1. The lowest BCUT2D eigenvalue weighted by Gasteiger charge is -2.12. The summed E-state index contributed by atoms with van der Waals surface area (Å²) in [5.74, 6) is -1.59. The van der Waals surface area contributed by atoms with Crippen LogP contribution in [0.15, 0.2) is 79.0 Å². The lowest BCUT2D eigenvalue weighted by atomic mass is 10.1. The van der Waals surface area contributed by atoms with Crippen LogP contribution in [0.1, 0.15) is 15.9 Å². The molecule has 0 unspecified atom stereocenters. The highest BCUT2D eigenvalue weighted by Crippen LogP contribution is 2.35. The Morgan fingerprint density at radius 3 is 2.36 bits per heavy atom. The number of benzene rings is 3. The summed E-state index contributed by atoms with van der Waals surface area (Å²) in [5.41, 5.74) is 1.83. The van der Waals surface area contributed by atoms with Crippen molar-refractivity contribution in [2.24, 2.45) is 0 Å². The SMILES string of the molecule is COc1cc(C(=O)NCc2cn(-c3ccccc3)nc2-c2ccccc2)c([N+](=O)[O-])cc1OC(F)F. The van der Waals surface area contributed by atoms with Gasteiger partial charge in [-0.15, -0.1) is 0 Å². The second kappa shape index (κ2) is 10.6. The molecule has 3 aromatic carbocycles. The van der Waals surface area contributed by atoms with Crippen molar-refractivity contribution in [2.45, 2.75) is 13.2 Å². The monoisotopic (exact) mass is 494 g/mol. The molecule has 0 atom stereocenters. The van der Waals surface area contributed by atoms with E-state index in [9.17, 15) is 23.7 Å². The number of halogens is 2. The van der Waals surface area contributed by atoms with Gasteiger partial charge in [-0.2, -0.15) is 13.9 Å². The first-order chi connectivity index (χ1) is 17.4. The van der Waals surface area contributed by atoms with E-state index in [2.05, 4.69) is 15.2 Å². The van der Waals surface area contributed by atoms with Gasteiger partial charge in [-0.25, -0.2) is 4.68 Å². The minimum Gasteiger partial charge on any atom is -0.493 e. The molecule has 0 aliphatic heterocycles. The number of nitro groups is 1. The number of hydrogen-bond donors (Lipinski definition) is 1. The molecule has 0 fully saturated rings. The lowest BCUT2D eigenvalue weighted by Crippen LogP contribution is -2.24. The Morgan fingerprint density at radius 2 is 1.75 bits per heavy atom. The highest BCUT2D eigenvalue weighted by molar-refractivity contribution is 5.99. The molecule has 1 N–H and O–H groups in total. The maximum Gasteiger partial charge on any atom is 0.387 e. The highest BCUT2D eigenvalue weighted by Gasteiger charge is 2.26. The van der Waals surface area contributed by atoms with Crippen LogP contribution in [0, 0.1) is 10.1 Å². The van der Waals surface area contributed by atoms with E-state index in [4.69, 9.17) is 4.74 Å². The van der Waals surface area contributed by atoms with Gasteiger partial charge in [-0.1, -0.05) is 48.5 Å². The zero-order valence-corrected chi connectivity index (χ0v) is 18.9. The molecule has 0 spiro atoms. The van der Waals surface area contributed by atoms with Gasteiger partial charge in [0.2, 0.25) is 0 Å². The third-order valence-corrected chi connectivity index (χ3v) is 5.24. The van der Waals surface area contributed by atoms with Gasteiger partial charge < -0.3 is 14.8 Å². The molecule has 4 rings (SSSR count). The van der Waals surface area contributed by atoms with Gasteiger partial charge in [0.25, 0.3) is 11.6 Å². The summed E-state index contributed by atoms with van der Waals surface area (Å²) in [7, 11) is 1.17. The van der Waals surface area contributed by atoms with Gasteiger partial charge in [0, 0.05) is 29.9 Å². The normalized spacial score (nSPS) is 10.8. The number of methoxy groups -OCH3 is 1. The van der Waals surface area contributed by atoms with Gasteiger partial charge >= 0.3 is 6.61 Å². The Hall–Kier alpha value is -4.80. The molecule has 4 aromatic rings. The zero-order chi connectivity index (χ0) is 25.7. The van der Waals surface area contributed by atoms with E-state index in [-0.39, 0.29) is 17.9 Å². The number of ether oxygens (including phenoxy) is 2. The predicted molar refractivity (Wildman–Crippen MR) is 126 cm³/mol. The van der Waals surface area contributed by atoms with E-state index in [1.165, 1.54) is 7.11 Å². The summed E-state index contributed by atoms with van der Waals surface area (Å²) in [6.45, 7) is -3.24. The molecular weight excluding hydrogens is 474 g/mol. The molecule has 9 nitrogen and oxygen atoms in total. The topological polar surface area (TPSA) is 109 Å². The van der Waals surface area contributed by atoms with Crippen molar-refractivity contribution in [1.29, 1.82) is 0 Å². The summed E-state index contributed by atoms with van der Waals surface area (Å²) in [5, 5.41) is 18.9. The van der Waals surface area contributed by atoms with Crippen LogP contribution < -0.4 is 14.8 Å². The lowest BCUT2D eigenvalue weighted by molar-refractivity contribution is -0.385. The van der Waals surface area contributed by atoms with Gasteiger partial charge in [0.15, 0.2) is 11.5 Å². The fourth-order valence-electron chi connectivity index (χ4n) is 3.59. The van der Waals surface area contributed by atoms with Crippen molar-refractivity contribution in [2.75, 3.05) is 7.11 Å². The van der Waals surface area contributed by atoms with E-state index in [1.54, 1.807) is 10.9 Å². The van der Waals surface area contributed by atoms with Crippen molar-refractivity contribution in [3.8, 4) is 28.4 Å². The maximum atomic E-state index is 13.0. The summed E-state index contributed by atoms with van der Waals surface area (Å²) in [6, 6.07) is 20.4. The number of nitrogens with zero attached hydrogens (tertiary/aromatic N) is 3. The molecule has 0 saturated carbocycles. The first-order valence-corrected chi connectivity index (χ1v) is 10.7. The van der Waals surface area contributed by atoms with Crippen molar-refractivity contribution in [3.05, 3.63) is 100 Å². The number of para-hydroxylation sites is 1. The van der Waals surface area contributed by atoms with Crippen LogP contribution in [0.5, 0.6) is 11.5 Å². The van der Waals surface area contributed by atoms with E-state index in [1.807, 2.05) is 60.7 Å². The quantitative estimate of drug-likeness (QED) is 0.260. The molecule has 0 aliphatic rings. The molecular formula is C25H20F2N4O5. The van der Waals surface area contributed by atoms with E-state index >= 15 is 0 Å². The first-order valence-electron chi connectivity index (χ1n) is 10.7. The summed E-state index contributed by atoms with van der Waals surface area (Å²) < 4.78 is 36.4. The third kappa shape index (κ3) is 5.30. The van der Waals surface area contributed by atoms with Crippen molar-refractivity contribution < 1.29 is 28.0 Å². The smallest absolute Gasteiger partial charge is 0.387 e. The van der Waals surface area contributed by atoms with E-state index in [0.717, 1.165) is 23.4 Å². The number of hydrogen-bond acceptors (Lipinski definition) is 6. The minimum absolute atomic E-state index is 0.00928. The molecule has 0 radical (unpaired) electrons. The molecule has 0 aliphatic carbocycles. The number of carbonyl (C=O) groups excluding carboxylic acids is 1. The number of nitro benzene ring substituents is 1. The highest BCUT2D eigenvalue weighted by atomic mass is 19.3. The Balaban J connectivity index is 1.66. The maximum absolute atomic E-state index is 13.0. The first kappa shape index (κ1) is 24.3. The van der Waals surface area contributed by atoms with Gasteiger partial charge in [0.1, 0.15) is 5.56 Å². The Bertz CT molecular complexity index is 1380. The molecule has 1 aromatic heterocycles. The Labute approximate surface area is 204 Å². The van der Waals surface area contributed by atoms with Gasteiger partial charge in [-0.05, 0) is 12.1 Å². The molecule has 0 bridgehead atoms. The van der Waals surface area contributed by atoms with Crippen LogP contribution in [0.4, 0.5) is 14.5 Å². The molecule has 11 heteroatoms. The second-order valence-electron chi connectivity index (χ2n) is 7.49. The van der Waals surface area contributed by atoms with Crippen LogP contribution in [0.2, 0.25) is 0 Å². The molecule has 0 saturated heterocycles. The summed E-state index contributed by atoms with van der Waals surface area (Å²) in [4.78, 5) is 23.7. The van der Waals surface area contributed by atoms with Gasteiger partial charge in [-0.3, -0.25) is 14.9 Å². The standard InChI is InChI=1S/C25H20F2N4O5/c1-35-21-12-19(20(31(33)34)13-22(21)36-25(26)27)24(32)28-14-17-15-30(18-10-6-3-7-11-18)29-23(17)16-8-4-2-5-9-16/h2-13,15,25H,14H2,1H3,(H,28,32). The van der Waals surface area contributed by atoms with Crippen LogP contribution in [0.3, 0.4) is 0 Å². The number of carbonyl (C=O) groups is 1. The van der Waals surface area contributed by atoms with Crippen LogP contribution >= 0.6 is 0 Å². The number of rotatable bonds is 9. The number of aromatic nitrogens is 2. The zero-order valence-electron chi connectivity index (χ0n) is 18.9. The van der Waals surface area contributed by atoms with E-state index < -0.39 is 28.9 Å². The third-order valence-electron chi connectivity index (χ3n) is 5.24. The van der Waals surface area contributed by atoms with Crippen LogP contribution in [-0.4, -0.2) is 34.3 Å². The van der Waals surface area contributed by atoms with Crippen LogP contribution in [0.25, 0.3) is 16.9 Å². The van der Waals surface area contributed by atoms with Crippen molar-refractivity contribution in [3.63, 3.8) is 0 Å². The predicted octanol–water partition coefficient (Wildman–Crippen LogP) is 4.99. The van der Waals surface area contributed by atoms with E-state index in [0.29, 0.717) is 11.3 Å². The molecule has 1 heterocycles. The Kier molecular flexibility index (Phi) is 7.19. The second-order valence-corrected chi connectivity index (χ2v) is 7.49. The summed E-state index contributed by atoms with van der Waals surface area (Å²) in [6.07, 6.45) is 1.76. The fraction of sp³-hybridized carbons (Fsp3) is 0.120. The molecule has 184 valence electrons. The van der Waals surface area contributed by atoms with Crippen molar-refractivity contribution >= 4 is 11.6 Å². The molecule has 1 amide bonds. The minimum atomic E-state index is -3.23. The largest absolute Gasteiger partial charge is 0.493 e. The number of alkyl halides is 2. The van der Waals surface area contributed by atoms with Crippen LogP contribution in [-0.2, 0) is 6.54 Å². The molecule has 36 heavy (non-hydrogen) atoms. The Morgan fingerprint density at radius 1 is 1.08 bits per heavy atom. The van der Waals surface area contributed by atoms with Gasteiger partial charge in [0.05, 0.1) is 29.5 Å². The summed E-state index contributed by atoms with van der Waals surface area (Å²) >= 11 is 0. The average Bonchev–Trinajstić information content (AvgIpc) is 3.32. The average molecular weight is 494 g/mol. The fourth-order valence-corrected chi connectivity index (χ4v) is 3.59. The van der Waals surface area contributed by atoms with Crippen molar-refractivity contribution in [1.82, 2.24) is 15.1 Å².